The van der Waals surface area contributed by atoms with Crippen LogP contribution in [0.3, 0.4) is 0 Å². The van der Waals surface area contributed by atoms with Crippen LogP contribution >= 0.6 is 0 Å². The minimum absolute atomic E-state index is 0.0504. The van der Waals surface area contributed by atoms with Crippen LogP contribution in [0.15, 0.2) is 42.6 Å². The molecule has 174 valence electrons. The van der Waals surface area contributed by atoms with Crippen molar-refractivity contribution in [3.8, 4) is 11.5 Å². The maximum absolute atomic E-state index is 13.0. The third-order valence-corrected chi connectivity index (χ3v) is 5.82. The van der Waals surface area contributed by atoms with Crippen LogP contribution in [0.5, 0.6) is 11.5 Å². The second-order valence-corrected chi connectivity index (χ2v) is 7.97. The first-order valence-electron chi connectivity index (χ1n) is 10.9. The molecule has 1 fully saturated rings. The Morgan fingerprint density at radius 1 is 1.00 bits per heavy atom. The summed E-state index contributed by atoms with van der Waals surface area (Å²) in [5.74, 6) is 1.19. The first-order chi connectivity index (χ1) is 16.0. The average molecular weight is 452 g/mol. The Bertz CT molecular complexity index is 1110. The second-order valence-electron chi connectivity index (χ2n) is 7.97. The van der Waals surface area contributed by atoms with Crippen molar-refractivity contribution in [2.24, 2.45) is 0 Å². The number of rotatable bonds is 7. The molecule has 0 saturated carbocycles. The number of anilines is 2. The molecule has 1 aliphatic heterocycles. The molecule has 9 nitrogen and oxygen atoms in total. The third kappa shape index (κ3) is 4.99. The van der Waals surface area contributed by atoms with Crippen LogP contribution in [0, 0.1) is 0 Å². The Kier molecular flexibility index (Phi) is 6.90. The highest BCUT2D eigenvalue weighted by molar-refractivity contribution is 5.94. The van der Waals surface area contributed by atoms with Gasteiger partial charge in [0.25, 0.3) is 5.91 Å². The van der Waals surface area contributed by atoms with Crippen molar-refractivity contribution in [1.82, 2.24) is 19.8 Å². The number of likely N-dealkylation sites (N-methyl/N-ethyl adjacent to an activating group) is 1. The number of aromatic nitrogens is 2. The van der Waals surface area contributed by atoms with Crippen molar-refractivity contribution in [3.05, 3.63) is 48.3 Å². The zero-order valence-corrected chi connectivity index (χ0v) is 19.2. The largest absolute Gasteiger partial charge is 0.497 e. The number of benzene rings is 2. The molecular weight excluding hydrogens is 422 g/mol. The average Bonchev–Trinajstić information content (AvgIpc) is 2.86. The fourth-order valence-electron chi connectivity index (χ4n) is 3.90. The van der Waals surface area contributed by atoms with E-state index in [9.17, 15) is 9.90 Å². The maximum atomic E-state index is 13.0. The van der Waals surface area contributed by atoms with Gasteiger partial charge in [-0.1, -0.05) is 0 Å². The van der Waals surface area contributed by atoms with Crippen LogP contribution in [-0.4, -0.2) is 91.4 Å². The number of ether oxygens (including phenoxy) is 2. The van der Waals surface area contributed by atoms with Gasteiger partial charge in [-0.3, -0.25) is 9.78 Å². The number of hydrogen-bond donors (Lipinski definition) is 1. The van der Waals surface area contributed by atoms with Crippen molar-refractivity contribution in [3.63, 3.8) is 0 Å². The second kappa shape index (κ2) is 10.0. The summed E-state index contributed by atoms with van der Waals surface area (Å²) in [5, 5.41) is 9.72. The highest BCUT2D eigenvalue weighted by Crippen LogP contribution is 2.33. The highest BCUT2D eigenvalue weighted by atomic mass is 16.5. The number of carbonyl (C=O) groups excluding carboxylic acids is 1. The van der Waals surface area contributed by atoms with Crippen molar-refractivity contribution < 1.29 is 19.4 Å². The molecule has 4 rings (SSSR count). The molecule has 1 aliphatic rings. The van der Waals surface area contributed by atoms with Crippen molar-refractivity contribution in [1.29, 1.82) is 0 Å². The molecule has 1 saturated heterocycles. The zero-order chi connectivity index (χ0) is 23.4. The zero-order valence-electron chi connectivity index (χ0n) is 19.2. The summed E-state index contributed by atoms with van der Waals surface area (Å²) in [4.78, 5) is 28.0. The lowest BCUT2D eigenvalue weighted by molar-refractivity contribution is 0.0658. The molecule has 2 heterocycles. The Morgan fingerprint density at radius 2 is 1.70 bits per heavy atom. The molecule has 3 aromatic rings. The molecule has 1 N–H and O–H groups in total. The van der Waals surface area contributed by atoms with Gasteiger partial charge in [-0.2, -0.15) is 0 Å². The van der Waals surface area contributed by atoms with Gasteiger partial charge in [0.05, 0.1) is 38.1 Å². The van der Waals surface area contributed by atoms with Crippen molar-refractivity contribution >= 4 is 28.3 Å². The lowest BCUT2D eigenvalue weighted by Gasteiger charge is -2.32. The van der Waals surface area contributed by atoms with Gasteiger partial charge in [-0.25, -0.2) is 4.98 Å². The number of methoxy groups -OCH3 is 2. The van der Waals surface area contributed by atoms with E-state index in [4.69, 9.17) is 9.47 Å². The number of hydrogen-bond acceptors (Lipinski definition) is 8. The number of nitrogens with zero attached hydrogens (tertiary/aromatic N) is 5. The van der Waals surface area contributed by atoms with E-state index >= 15 is 0 Å². The van der Waals surface area contributed by atoms with E-state index in [0.717, 1.165) is 24.5 Å². The fraction of sp³-hybridized carbons (Fsp3) is 0.375. The van der Waals surface area contributed by atoms with Crippen LogP contribution in [0.4, 0.5) is 11.4 Å². The van der Waals surface area contributed by atoms with Crippen LogP contribution in [0.2, 0.25) is 0 Å². The molecular formula is C24H29N5O4. The summed E-state index contributed by atoms with van der Waals surface area (Å²) in [5.41, 5.74) is 3.26. The van der Waals surface area contributed by atoms with Gasteiger partial charge in [0.1, 0.15) is 17.2 Å². The van der Waals surface area contributed by atoms with Gasteiger partial charge in [0.2, 0.25) is 0 Å². The molecule has 0 atom stereocenters. The number of fused-ring (bicyclic) bond motifs is 1. The standard InChI is InChI=1S/C24H29N5O4/c1-27-6-8-28(9-7-27)24(31)23-16-25-21-5-4-17(14-22(21)26-23)29(10-11-30)18-12-19(32-2)15-20(13-18)33-3/h4-5,12-16,30H,6-11H2,1-3H3. The molecule has 0 spiro atoms. The van der Waals surface area contributed by atoms with Gasteiger partial charge < -0.3 is 29.3 Å². The topological polar surface area (TPSA) is 91.3 Å². The Hall–Kier alpha value is -3.43. The van der Waals surface area contributed by atoms with E-state index in [1.165, 1.54) is 0 Å². The first-order valence-corrected chi connectivity index (χ1v) is 10.9. The van der Waals surface area contributed by atoms with Gasteiger partial charge in [-0.05, 0) is 25.2 Å². The predicted molar refractivity (Wildman–Crippen MR) is 127 cm³/mol. The van der Waals surface area contributed by atoms with E-state index in [2.05, 4.69) is 21.9 Å². The molecule has 0 aliphatic carbocycles. The van der Waals surface area contributed by atoms with Gasteiger partial charge in [-0.15, -0.1) is 0 Å². The smallest absolute Gasteiger partial charge is 0.274 e. The summed E-state index contributed by atoms with van der Waals surface area (Å²) in [6, 6.07) is 11.2. The quantitative estimate of drug-likeness (QED) is 0.585. The number of amides is 1. The van der Waals surface area contributed by atoms with Crippen molar-refractivity contribution in [2.75, 3.05) is 65.5 Å². The molecule has 0 radical (unpaired) electrons. The lowest BCUT2D eigenvalue weighted by Crippen LogP contribution is -2.47. The highest BCUT2D eigenvalue weighted by Gasteiger charge is 2.22. The molecule has 9 heteroatoms. The summed E-state index contributed by atoms with van der Waals surface area (Å²) in [7, 11) is 5.24. The summed E-state index contributed by atoms with van der Waals surface area (Å²) in [6.07, 6.45) is 1.54. The SMILES string of the molecule is COc1cc(OC)cc(N(CCO)c2ccc3ncc(C(=O)N4CCN(C)CC4)nc3c2)c1. The third-order valence-electron chi connectivity index (χ3n) is 5.82. The van der Waals surface area contributed by atoms with Crippen LogP contribution in [0.1, 0.15) is 10.5 Å². The fourth-order valence-corrected chi connectivity index (χ4v) is 3.90. The summed E-state index contributed by atoms with van der Waals surface area (Å²) in [6.45, 7) is 3.35. The molecule has 0 unspecified atom stereocenters. The lowest BCUT2D eigenvalue weighted by atomic mass is 10.2. The number of aliphatic hydroxyl groups is 1. The van der Waals surface area contributed by atoms with Gasteiger partial charge in [0, 0.05) is 62.3 Å². The minimum Gasteiger partial charge on any atom is -0.497 e. The Morgan fingerprint density at radius 3 is 2.33 bits per heavy atom. The van der Waals surface area contributed by atoms with Crippen LogP contribution < -0.4 is 14.4 Å². The van der Waals surface area contributed by atoms with Crippen molar-refractivity contribution in [2.45, 2.75) is 0 Å². The number of carbonyl (C=O) groups is 1. The molecule has 33 heavy (non-hydrogen) atoms. The van der Waals surface area contributed by atoms with E-state index in [-0.39, 0.29) is 12.5 Å². The van der Waals surface area contributed by atoms with Gasteiger partial charge >= 0.3 is 0 Å². The monoisotopic (exact) mass is 451 g/mol. The maximum Gasteiger partial charge on any atom is 0.274 e. The van der Waals surface area contributed by atoms with Crippen LogP contribution in [0.25, 0.3) is 11.0 Å². The number of aliphatic hydroxyl groups excluding tert-OH is 1. The van der Waals surface area contributed by atoms with E-state index in [0.29, 0.717) is 47.9 Å². The van der Waals surface area contributed by atoms with E-state index in [1.54, 1.807) is 26.5 Å². The normalized spacial score (nSPS) is 14.4. The first kappa shape index (κ1) is 22.8. The Labute approximate surface area is 193 Å². The van der Waals surface area contributed by atoms with Crippen LogP contribution in [-0.2, 0) is 0 Å². The molecule has 0 bridgehead atoms. The van der Waals surface area contributed by atoms with E-state index < -0.39 is 0 Å². The summed E-state index contributed by atoms with van der Waals surface area (Å²) >= 11 is 0. The predicted octanol–water partition coefficient (Wildman–Crippen LogP) is 2.17. The molecule has 1 aromatic heterocycles. The van der Waals surface area contributed by atoms with Gasteiger partial charge in [0.15, 0.2) is 0 Å². The minimum atomic E-state index is -0.104. The molecule has 2 aromatic carbocycles. The number of piperazine rings is 1. The summed E-state index contributed by atoms with van der Waals surface area (Å²) < 4.78 is 10.8. The van der Waals surface area contributed by atoms with E-state index in [1.807, 2.05) is 40.1 Å². The Balaban J connectivity index is 1.68. The molecule has 1 amide bonds.